The summed E-state index contributed by atoms with van der Waals surface area (Å²) in [7, 11) is 2.11. The standard InChI is InChI=1S/C30H28ClFN6O/c1-5-6-28(39)36-26-17-23-27(15-20(26)9-10-30(2,3)38-13-11-37(4)12-14-38)34-19-21(18-33)29(23)35-22-7-8-25(32)24(31)16-22/h7-8,15-17,19H,11-14H2,1-4H3,(H,34,35)(H,36,39). The molecular formula is C30H28ClFN6O. The predicted molar refractivity (Wildman–Crippen MR) is 153 cm³/mol. The quantitative estimate of drug-likeness (QED) is 0.452. The number of halogens is 2. The average molecular weight is 543 g/mol. The highest BCUT2D eigenvalue weighted by Crippen LogP contribution is 2.33. The molecule has 198 valence electrons. The lowest BCUT2D eigenvalue weighted by Gasteiger charge is -2.40. The summed E-state index contributed by atoms with van der Waals surface area (Å²) in [5.41, 5.74) is 2.38. The number of nitrogens with one attached hydrogen (secondary N) is 2. The van der Waals surface area contributed by atoms with Gasteiger partial charge in [-0.25, -0.2) is 4.39 Å². The van der Waals surface area contributed by atoms with Crippen LogP contribution >= 0.6 is 11.6 Å². The number of anilines is 3. The number of fused-ring (bicyclic) bond motifs is 1. The second-order valence-corrected chi connectivity index (χ2v) is 10.2. The minimum absolute atomic E-state index is 0.0523. The van der Waals surface area contributed by atoms with Gasteiger partial charge >= 0.3 is 0 Å². The smallest absolute Gasteiger partial charge is 0.300 e. The zero-order valence-corrected chi connectivity index (χ0v) is 23.0. The Labute approximate surface area is 232 Å². The van der Waals surface area contributed by atoms with Gasteiger partial charge in [0.15, 0.2) is 0 Å². The summed E-state index contributed by atoms with van der Waals surface area (Å²) in [4.78, 5) is 21.6. The largest absolute Gasteiger partial charge is 0.354 e. The number of likely N-dealkylation sites (N-methyl/N-ethyl adjacent to an activating group) is 1. The predicted octanol–water partition coefficient (Wildman–Crippen LogP) is 4.98. The van der Waals surface area contributed by atoms with E-state index in [0.717, 1.165) is 26.2 Å². The summed E-state index contributed by atoms with van der Waals surface area (Å²) in [6.07, 6.45) is 1.46. The molecule has 1 aliphatic heterocycles. The van der Waals surface area contributed by atoms with E-state index >= 15 is 0 Å². The van der Waals surface area contributed by atoms with Crippen molar-refractivity contribution in [2.24, 2.45) is 0 Å². The fraction of sp³-hybridized carbons (Fsp3) is 0.300. The minimum atomic E-state index is -0.549. The summed E-state index contributed by atoms with van der Waals surface area (Å²) in [5.74, 6) is 10.7. The molecule has 0 unspecified atom stereocenters. The van der Waals surface area contributed by atoms with Gasteiger partial charge in [-0.15, -0.1) is 0 Å². The number of benzene rings is 2. The summed E-state index contributed by atoms with van der Waals surface area (Å²) in [6, 6.07) is 9.83. The van der Waals surface area contributed by atoms with Crippen molar-refractivity contribution in [3.8, 4) is 29.8 Å². The fourth-order valence-corrected chi connectivity index (χ4v) is 4.50. The Bertz CT molecular complexity index is 1600. The molecule has 4 rings (SSSR count). The van der Waals surface area contributed by atoms with Crippen molar-refractivity contribution in [2.45, 2.75) is 26.3 Å². The van der Waals surface area contributed by atoms with Gasteiger partial charge in [-0.05, 0) is 64.1 Å². The number of pyridine rings is 1. The number of aromatic nitrogens is 1. The molecule has 3 aromatic rings. The molecule has 1 aliphatic rings. The minimum Gasteiger partial charge on any atom is -0.354 e. The number of rotatable bonds is 4. The first kappa shape index (κ1) is 27.9. The average Bonchev–Trinajstić information content (AvgIpc) is 2.90. The lowest BCUT2D eigenvalue weighted by Crippen LogP contribution is -2.53. The van der Waals surface area contributed by atoms with Gasteiger partial charge in [0.25, 0.3) is 5.91 Å². The van der Waals surface area contributed by atoms with Crippen LogP contribution in [0.15, 0.2) is 36.5 Å². The summed E-state index contributed by atoms with van der Waals surface area (Å²) >= 11 is 5.97. The third-order valence-corrected chi connectivity index (χ3v) is 6.89. The van der Waals surface area contributed by atoms with Crippen LogP contribution in [0.2, 0.25) is 5.02 Å². The number of hydrogen-bond donors (Lipinski definition) is 2. The molecule has 2 heterocycles. The maximum absolute atomic E-state index is 13.7. The SMILES string of the molecule is CC#CC(=O)Nc1cc2c(Nc3ccc(F)c(Cl)c3)c(C#N)cnc2cc1C#CC(C)(C)N1CCN(C)CC1. The van der Waals surface area contributed by atoms with Gasteiger partial charge in [0.05, 0.1) is 38.6 Å². The first-order chi connectivity index (χ1) is 18.6. The van der Waals surface area contributed by atoms with Gasteiger partial charge in [0.1, 0.15) is 11.9 Å². The molecule has 1 amide bonds. The highest BCUT2D eigenvalue weighted by atomic mass is 35.5. The van der Waals surface area contributed by atoms with Gasteiger partial charge in [-0.3, -0.25) is 14.7 Å². The maximum atomic E-state index is 13.7. The third-order valence-electron chi connectivity index (χ3n) is 6.60. The number of hydrogen-bond acceptors (Lipinski definition) is 6. The first-order valence-electron chi connectivity index (χ1n) is 12.4. The van der Waals surface area contributed by atoms with Gasteiger partial charge in [-0.2, -0.15) is 5.26 Å². The molecule has 1 fully saturated rings. The Morgan fingerprint density at radius 2 is 1.90 bits per heavy atom. The van der Waals surface area contributed by atoms with Crippen LogP contribution < -0.4 is 10.6 Å². The lowest BCUT2D eigenvalue weighted by atomic mass is 10.00. The molecule has 9 heteroatoms. The number of nitriles is 1. The molecule has 0 bridgehead atoms. The van der Waals surface area contributed by atoms with E-state index in [4.69, 9.17) is 11.6 Å². The maximum Gasteiger partial charge on any atom is 0.300 e. The molecule has 1 saturated heterocycles. The zero-order valence-electron chi connectivity index (χ0n) is 22.2. The van der Waals surface area contributed by atoms with E-state index in [1.54, 1.807) is 19.1 Å². The van der Waals surface area contributed by atoms with Crippen LogP contribution in [0.25, 0.3) is 10.9 Å². The zero-order chi connectivity index (χ0) is 28.2. The van der Waals surface area contributed by atoms with E-state index in [0.29, 0.717) is 33.5 Å². The Morgan fingerprint density at radius 1 is 1.15 bits per heavy atom. The Morgan fingerprint density at radius 3 is 2.56 bits per heavy atom. The molecule has 0 radical (unpaired) electrons. The highest BCUT2D eigenvalue weighted by Gasteiger charge is 2.27. The van der Waals surface area contributed by atoms with Gasteiger partial charge < -0.3 is 15.5 Å². The van der Waals surface area contributed by atoms with Crippen LogP contribution in [0.4, 0.5) is 21.5 Å². The highest BCUT2D eigenvalue weighted by molar-refractivity contribution is 6.31. The van der Waals surface area contributed by atoms with Crippen molar-refractivity contribution in [1.29, 1.82) is 5.26 Å². The number of piperazine rings is 1. The van der Waals surface area contributed by atoms with Crippen molar-refractivity contribution < 1.29 is 9.18 Å². The molecule has 1 aromatic heterocycles. The van der Waals surface area contributed by atoms with Crippen molar-refractivity contribution in [1.82, 2.24) is 14.8 Å². The molecule has 0 atom stereocenters. The molecule has 2 aromatic carbocycles. The summed E-state index contributed by atoms with van der Waals surface area (Å²) in [5, 5.41) is 16.3. The number of nitrogens with zero attached hydrogens (tertiary/aromatic N) is 4. The van der Waals surface area contributed by atoms with Crippen LogP contribution in [0.3, 0.4) is 0 Å². The van der Waals surface area contributed by atoms with Crippen LogP contribution in [-0.4, -0.2) is 59.5 Å². The van der Waals surface area contributed by atoms with Gasteiger partial charge in [0, 0.05) is 43.4 Å². The van der Waals surface area contributed by atoms with Crippen LogP contribution in [0.1, 0.15) is 31.9 Å². The lowest BCUT2D eigenvalue weighted by molar-refractivity contribution is -0.111. The number of carbonyl (C=O) groups excluding carboxylic acids is 1. The number of carbonyl (C=O) groups is 1. The Kier molecular flexibility index (Phi) is 8.38. The van der Waals surface area contributed by atoms with E-state index in [-0.39, 0.29) is 10.6 Å². The Hall–Kier alpha value is -4.13. The van der Waals surface area contributed by atoms with E-state index in [2.05, 4.69) is 76.1 Å². The summed E-state index contributed by atoms with van der Waals surface area (Å²) < 4.78 is 13.7. The van der Waals surface area contributed by atoms with E-state index in [1.165, 1.54) is 24.4 Å². The molecule has 2 N–H and O–H groups in total. The van der Waals surface area contributed by atoms with E-state index in [1.807, 2.05) is 0 Å². The molecular weight excluding hydrogens is 515 g/mol. The van der Waals surface area contributed by atoms with Crippen LogP contribution in [0.5, 0.6) is 0 Å². The fourth-order valence-electron chi connectivity index (χ4n) is 4.32. The van der Waals surface area contributed by atoms with Crippen molar-refractivity contribution in [2.75, 3.05) is 43.9 Å². The number of amides is 1. The van der Waals surface area contributed by atoms with E-state index < -0.39 is 17.3 Å². The molecule has 0 saturated carbocycles. The van der Waals surface area contributed by atoms with Crippen molar-refractivity contribution in [3.63, 3.8) is 0 Å². The second-order valence-electron chi connectivity index (χ2n) is 9.76. The van der Waals surface area contributed by atoms with Crippen LogP contribution in [-0.2, 0) is 4.79 Å². The van der Waals surface area contributed by atoms with E-state index in [9.17, 15) is 14.4 Å². The Balaban J connectivity index is 1.82. The second kappa shape index (κ2) is 11.7. The monoisotopic (exact) mass is 542 g/mol. The molecule has 0 spiro atoms. The third kappa shape index (κ3) is 6.48. The molecule has 39 heavy (non-hydrogen) atoms. The van der Waals surface area contributed by atoms with Crippen molar-refractivity contribution >= 4 is 45.5 Å². The summed E-state index contributed by atoms with van der Waals surface area (Å²) in [6.45, 7) is 9.51. The molecule has 7 nitrogen and oxygen atoms in total. The molecule has 0 aliphatic carbocycles. The normalized spacial score (nSPS) is 14.0. The van der Waals surface area contributed by atoms with Gasteiger partial charge in [-0.1, -0.05) is 29.4 Å². The topological polar surface area (TPSA) is 84.3 Å². The van der Waals surface area contributed by atoms with Gasteiger partial charge in [0.2, 0.25) is 0 Å². The van der Waals surface area contributed by atoms with Crippen LogP contribution in [0, 0.1) is 40.8 Å². The first-order valence-corrected chi connectivity index (χ1v) is 12.8. The van der Waals surface area contributed by atoms with Crippen molar-refractivity contribution in [3.05, 3.63) is 58.5 Å².